The zero-order chi connectivity index (χ0) is 26.0. The van der Waals surface area contributed by atoms with E-state index in [2.05, 4.69) is 22.0 Å². The molecule has 1 aromatic heterocycles. The smallest absolute Gasteiger partial charge is 0.418 e. The Morgan fingerprint density at radius 3 is 2.19 bits per heavy atom. The molecule has 3 aromatic rings. The number of rotatable bonds is 5. The molecule has 10 heteroatoms. The summed E-state index contributed by atoms with van der Waals surface area (Å²) in [5, 5.41) is 0.660. The van der Waals surface area contributed by atoms with Crippen LogP contribution in [0.2, 0.25) is 5.02 Å². The SMILES string of the molecule is O=C(Oc1cncc(C(F)(F)F)c1)N1CCC2(CC1)CN(Cc1ccc(Oc3ccc(Cl)cc3)cc1)C2. The highest BCUT2D eigenvalue weighted by molar-refractivity contribution is 6.30. The number of ether oxygens (including phenoxy) is 2. The molecule has 0 atom stereocenters. The summed E-state index contributed by atoms with van der Waals surface area (Å²) in [6.45, 7) is 3.73. The van der Waals surface area contributed by atoms with Crippen LogP contribution in [0.1, 0.15) is 24.0 Å². The molecule has 1 amide bonds. The summed E-state index contributed by atoms with van der Waals surface area (Å²) in [5.74, 6) is 1.27. The second kappa shape index (κ2) is 10.2. The van der Waals surface area contributed by atoms with E-state index in [1.165, 1.54) is 5.56 Å². The minimum atomic E-state index is -4.55. The van der Waals surface area contributed by atoms with Gasteiger partial charge in [-0.05, 0) is 66.3 Å². The van der Waals surface area contributed by atoms with Gasteiger partial charge in [-0.3, -0.25) is 9.88 Å². The molecule has 2 aliphatic rings. The number of benzene rings is 2. The summed E-state index contributed by atoms with van der Waals surface area (Å²) in [7, 11) is 0. The number of carbonyl (C=O) groups is 1. The summed E-state index contributed by atoms with van der Waals surface area (Å²) in [6.07, 6.45) is -1.73. The first-order valence-electron chi connectivity index (χ1n) is 11.9. The molecule has 6 nitrogen and oxygen atoms in total. The van der Waals surface area contributed by atoms with Gasteiger partial charge in [-0.25, -0.2) is 4.79 Å². The fourth-order valence-corrected chi connectivity index (χ4v) is 4.97. The Bertz CT molecular complexity index is 1240. The Balaban J connectivity index is 1.07. The van der Waals surface area contributed by atoms with Crippen molar-refractivity contribution in [2.75, 3.05) is 26.2 Å². The molecule has 2 saturated heterocycles. The molecule has 0 aliphatic carbocycles. The number of hydrogen-bond acceptors (Lipinski definition) is 5. The second-order valence-corrected chi connectivity index (χ2v) is 10.0. The van der Waals surface area contributed by atoms with E-state index < -0.39 is 17.8 Å². The lowest BCUT2D eigenvalue weighted by Crippen LogP contribution is -2.60. The topological polar surface area (TPSA) is 54.9 Å². The lowest BCUT2D eigenvalue weighted by Gasteiger charge is -2.54. The van der Waals surface area contributed by atoms with Crippen LogP contribution in [0.15, 0.2) is 67.0 Å². The number of carbonyl (C=O) groups excluding carboxylic acids is 1. The van der Waals surface area contributed by atoms with Crippen LogP contribution < -0.4 is 9.47 Å². The van der Waals surface area contributed by atoms with Gasteiger partial charge in [0.2, 0.25) is 0 Å². The molecule has 2 fully saturated rings. The molecule has 194 valence electrons. The molecule has 0 bridgehead atoms. The fourth-order valence-electron chi connectivity index (χ4n) is 4.85. The first kappa shape index (κ1) is 25.4. The van der Waals surface area contributed by atoms with Gasteiger partial charge < -0.3 is 14.4 Å². The molecule has 37 heavy (non-hydrogen) atoms. The number of halogens is 4. The highest BCUT2D eigenvalue weighted by Crippen LogP contribution is 2.41. The molecular formula is C27H25ClF3N3O3. The van der Waals surface area contributed by atoms with Gasteiger partial charge in [-0.1, -0.05) is 23.7 Å². The number of nitrogens with zero attached hydrogens (tertiary/aromatic N) is 3. The van der Waals surface area contributed by atoms with Gasteiger partial charge in [0.25, 0.3) is 0 Å². The lowest BCUT2D eigenvalue weighted by atomic mass is 9.72. The lowest BCUT2D eigenvalue weighted by molar-refractivity contribution is -0.137. The normalized spacial score (nSPS) is 17.4. The standard InChI is InChI=1S/C27H25ClF3N3O3/c28-21-3-7-23(8-4-21)36-22-5-1-19(2-6-22)16-33-17-26(18-33)9-11-34(12-10-26)25(35)37-24-13-20(14-32-15-24)27(29,30)31/h1-8,13-15H,9-12,16-18H2. The minimum absolute atomic E-state index is 0.159. The summed E-state index contributed by atoms with van der Waals surface area (Å²) < 4.78 is 49.6. The minimum Gasteiger partial charge on any atom is -0.457 e. The van der Waals surface area contributed by atoms with Crippen LogP contribution >= 0.6 is 11.6 Å². The van der Waals surface area contributed by atoms with Gasteiger partial charge in [0, 0.05) is 43.9 Å². The van der Waals surface area contributed by atoms with E-state index in [0.717, 1.165) is 56.2 Å². The van der Waals surface area contributed by atoms with Crippen molar-refractivity contribution < 1.29 is 27.4 Å². The number of hydrogen-bond donors (Lipinski definition) is 0. The predicted molar refractivity (Wildman–Crippen MR) is 132 cm³/mol. The van der Waals surface area contributed by atoms with Crippen LogP contribution in [0.25, 0.3) is 0 Å². The third kappa shape index (κ3) is 6.17. The van der Waals surface area contributed by atoms with Gasteiger partial charge in [0.1, 0.15) is 11.5 Å². The van der Waals surface area contributed by atoms with Crippen LogP contribution in [0, 0.1) is 5.41 Å². The third-order valence-electron chi connectivity index (χ3n) is 6.82. The monoisotopic (exact) mass is 531 g/mol. The van der Waals surface area contributed by atoms with Crippen molar-refractivity contribution in [1.29, 1.82) is 0 Å². The van der Waals surface area contributed by atoms with E-state index in [1.54, 1.807) is 17.0 Å². The molecular weight excluding hydrogens is 507 g/mol. The van der Waals surface area contributed by atoms with Crippen LogP contribution in [-0.4, -0.2) is 47.1 Å². The summed E-state index contributed by atoms with van der Waals surface area (Å²) in [4.78, 5) is 19.9. The average molecular weight is 532 g/mol. The molecule has 2 aliphatic heterocycles. The molecule has 1 spiro atoms. The van der Waals surface area contributed by atoms with Gasteiger partial charge in [-0.2, -0.15) is 13.2 Å². The summed E-state index contributed by atoms with van der Waals surface area (Å²) >= 11 is 5.91. The second-order valence-electron chi connectivity index (χ2n) is 9.61. The Kier molecular flexibility index (Phi) is 7.00. The van der Waals surface area contributed by atoms with E-state index in [0.29, 0.717) is 24.3 Å². The van der Waals surface area contributed by atoms with E-state index >= 15 is 0 Å². The number of aromatic nitrogens is 1. The highest BCUT2D eigenvalue weighted by Gasteiger charge is 2.45. The number of piperidine rings is 1. The molecule has 0 N–H and O–H groups in total. The zero-order valence-corrected chi connectivity index (χ0v) is 20.6. The van der Waals surface area contributed by atoms with Crippen molar-refractivity contribution in [3.05, 3.63) is 83.1 Å². The Morgan fingerprint density at radius 2 is 1.57 bits per heavy atom. The largest absolute Gasteiger partial charge is 0.457 e. The number of likely N-dealkylation sites (tertiary alicyclic amines) is 2. The zero-order valence-electron chi connectivity index (χ0n) is 19.9. The van der Waals surface area contributed by atoms with Crippen molar-refractivity contribution in [2.45, 2.75) is 25.6 Å². The number of amides is 1. The van der Waals surface area contributed by atoms with Gasteiger partial charge in [0.05, 0.1) is 11.8 Å². The van der Waals surface area contributed by atoms with Crippen molar-refractivity contribution >= 4 is 17.7 Å². The van der Waals surface area contributed by atoms with Crippen molar-refractivity contribution in [3.63, 3.8) is 0 Å². The van der Waals surface area contributed by atoms with Crippen LogP contribution in [0.4, 0.5) is 18.0 Å². The first-order chi connectivity index (χ1) is 17.7. The molecule has 0 saturated carbocycles. The van der Waals surface area contributed by atoms with E-state index in [9.17, 15) is 18.0 Å². The Labute approximate surface area is 217 Å². The maximum atomic E-state index is 12.9. The van der Waals surface area contributed by atoms with Crippen LogP contribution in [-0.2, 0) is 12.7 Å². The number of alkyl halides is 3. The van der Waals surface area contributed by atoms with Gasteiger partial charge in [0.15, 0.2) is 5.75 Å². The summed E-state index contributed by atoms with van der Waals surface area (Å²) in [5.41, 5.74) is 0.398. The Morgan fingerprint density at radius 1 is 0.946 bits per heavy atom. The summed E-state index contributed by atoms with van der Waals surface area (Å²) in [6, 6.07) is 16.0. The molecule has 5 rings (SSSR count). The van der Waals surface area contributed by atoms with E-state index in [4.69, 9.17) is 21.1 Å². The molecule has 2 aromatic carbocycles. The molecule has 0 unspecified atom stereocenters. The fraction of sp³-hybridized carbons (Fsp3) is 0.333. The van der Waals surface area contributed by atoms with Crippen molar-refractivity contribution in [1.82, 2.24) is 14.8 Å². The molecule has 0 radical (unpaired) electrons. The first-order valence-corrected chi connectivity index (χ1v) is 12.3. The van der Waals surface area contributed by atoms with E-state index in [-0.39, 0.29) is 11.2 Å². The quantitative estimate of drug-likeness (QED) is 0.369. The third-order valence-corrected chi connectivity index (χ3v) is 7.08. The predicted octanol–water partition coefficient (Wildman–Crippen LogP) is 6.64. The maximum absolute atomic E-state index is 12.9. The molecule has 3 heterocycles. The van der Waals surface area contributed by atoms with Gasteiger partial charge >= 0.3 is 12.3 Å². The van der Waals surface area contributed by atoms with Crippen LogP contribution in [0.3, 0.4) is 0 Å². The van der Waals surface area contributed by atoms with E-state index in [1.807, 2.05) is 24.3 Å². The maximum Gasteiger partial charge on any atom is 0.418 e. The van der Waals surface area contributed by atoms with Crippen LogP contribution in [0.5, 0.6) is 17.2 Å². The van der Waals surface area contributed by atoms with Crippen molar-refractivity contribution in [3.8, 4) is 17.2 Å². The van der Waals surface area contributed by atoms with Crippen molar-refractivity contribution in [2.24, 2.45) is 5.41 Å². The highest BCUT2D eigenvalue weighted by atomic mass is 35.5. The Hall–Kier alpha value is -3.30. The number of pyridine rings is 1. The van der Waals surface area contributed by atoms with Gasteiger partial charge in [-0.15, -0.1) is 0 Å². The average Bonchev–Trinajstić information content (AvgIpc) is 2.86.